The standard InChI is InChI=1S/C9H15N3O/c10-9-6-8(7-2-1-3-7)12(11-9)4-5-13/h6-7,13H,1-5H2,(H2,10,11). The van der Waals surface area contributed by atoms with Crippen LogP contribution in [-0.4, -0.2) is 21.5 Å². The van der Waals surface area contributed by atoms with Gasteiger partial charge in [-0.25, -0.2) is 0 Å². The molecule has 1 aromatic rings. The van der Waals surface area contributed by atoms with Gasteiger partial charge in [0.2, 0.25) is 0 Å². The maximum Gasteiger partial charge on any atom is 0.145 e. The van der Waals surface area contributed by atoms with Crippen molar-refractivity contribution in [3.8, 4) is 0 Å². The molecule has 1 aliphatic rings. The van der Waals surface area contributed by atoms with Crippen LogP contribution in [-0.2, 0) is 6.54 Å². The number of hydrogen-bond acceptors (Lipinski definition) is 3. The number of aromatic nitrogens is 2. The van der Waals surface area contributed by atoms with E-state index in [1.165, 1.54) is 25.0 Å². The van der Waals surface area contributed by atoms with Gasteiger partial charge in [0.1, 0.15) is 5.82 Å². The van der Waals surface area contributed by atoms with E-state index in [1.54, 1.807) is 0 Å². The lowest BCUT2D eigenvalue weighted by Gasteiger charge is -2.25. The van der Waals surface area contributed by atoms with Crippen LogP contribution < -0.4 is 5.73 Å². The zero-order valence-corrected chi connectivity index (χ0v) is 7.61. The molecule has 72 valence electrons. The summed E-state index contributed by atoms with van der Waals surface area (Å²) in [6, 6.07) is 1.93. The van der Waals surface area contributed by atoms with Gasteiger partial charge in [0.25, 0.3) is 0 Å². The van der Waals surface area contributed by atoms with Gasteiger partial charge >= 0.3 is 0 Å². The number of nitrogens with zero attached hydrogens (tertiary/aromatic N) is 2. The second-order valence-electron chi connectivity index (χ2n) is 3.57. The molecule has 1 saturated carbocycles. The number of hydrogen-bond donors (Lipinski definition) is 2. The zero-order valence-electron chi connectivity index (χ0n) is 7.61. The molecule has 1 fully saturated rings. The molecule has 0 amide bonds. The highest BCUT2D eigenvalue weighted by Gasteiger charge is 2.23. The molecular formula is C9H15N3O. The van der Waals surface area contributed by atoms with Gasteiger partial charge in [-0.1, -0.05) is 6.42 Å². The highest BCUT2D eigenvalue weighted by Crippen LogP contribution is 2.36. The lowest BCUT2D eigenvalue weighted by atomic mass is 9.83. The van der Waals surface area contributed by atoms with Gasteiger partial charge in [0, 0.05) is 17.7 Å². The van der Waals surface area contributed by atoms with Crippen LogP contribution in [0.25, 0.3) is 0 Å². The molecule has 2 rings (SSSR count). The Labute approximate surface area is 77.4 Å². The van der Waals surface area contributed by atoms with E-state index >= 15 is 0 Å². The monoisotopic (exact) mass is 181 g/mol. The van der Waals surface area contributed by atoms with Gasteiger partial charge in [0.05, 0.1) is 13.2 Å². The highest BCUT2D eigenvalue weighted by atomic mass is 16.3. The van der Waals surface area contributed by atoms with Crippen molar-refractivity contribution >= 4 is 5.82 Å². The lowest BCUT2D eigenvalue weighted by Crippen LogP contribution is -2.16. The Kier molecular flexibility index (Phi) is 2.22. The number of aliphatic hydroxyl groups is 1. The summed E-state index contributed by atoms with van der Waals surface area (Å²) in [7, 11) is 0. The second-order valence-corrected chi connectivity index (χ2v) is 3.57. The van der Waals surface area contributed by atoms with E-state index in [0.29, 0.717) is 18.3 Å². The van der Waals surface area contributed by atoms with Gasteiger partial charge in [-0.05, 0) is 12.8 Å². The zero-order chi connectivity index (χ0) is 9.26. The van der Waals surface area contributed by atoms with Crippen LogP contribution in [0.3, 0.4) is 0 Å². The molecule has 0 spiro atoms. The average Bonchev–Trinajstić information content (AvgIpc) is 2.29. The van der Waals surface area contributed by atoms with Gasteiger partial charge in [-0.3, -0.25) is 4.68 Å². The molecule has 0 unspecified atom stereocenters. The summed E-state index contributed by atoms with van der Waals surface area (Å²) in [5, 5.41) is 13.0. The Morgan fingerprint density at radius 3 is 2.92 bits per heavy atom. The van der Waals surface area contributed by atoms with Gasteiger partial charge in [0.15, 0.2) is 0 Å². The Morgan fingerprint density at radius 1 is 1.62 bits per heavy atom. The van der Waals surface area contributed by atoms with Crippen LogP contribution in [0, 0.1) is 0 Å². The molecule has 1 aliphatic carbocycles. The molecule has 3 N–H and O–H groups in total. The van der Waals surface area contributed by atoms with E-state index in [2.05, 4.69) is 5.10 Å². The fourth-order valence-corrected chi connectivity index (χ4v) is 1.76. The topological polar surface area (TPSA) is 64.1 Å². The number of anilines is 1. The number of nitrogens with two attached hydrogens (primary N) is 1. The fourth-order valence-electron chi connectivity index (χ4n) is 1.76. The van der Waals surface area contributed by atoms with Crippen molar-refractivity contribution in [3.63, 3.8) is 0 Å². The van der Waals surface area contributed by atoms with E-state index in [-0.39, 0.29) is 6.61 Å². The van der Waals surface area contributed by atoms with Crippen LogP contribution in [0.2, 0.25) is 0 Å². The smallest absolute Gasteiger partial charge is 0.145 e. The fraction of sp³-hybridized carbons (Fsp3) is 0.667. The van der Waals surface area contributed by atoms with E-state index < -0.39 is 0 Å². The molecule has 4 heteroatoms. The second kappa shape index (κ2) is 3.38. The van der Waals surface area contributed by atoms with E-state index in [4.69, 9.17) is 10.8 Å². The molecular weight excluding hydrogens is 166 g/mol. The summed E-state index contributed by atoms with van der Waals surface area (Å²) in [6.07, 6.45) is 3.77. The summed E-state index contributed by atoms with van der Waals surface area (Å²) in [6.45, 7) is 0.684. The predicted molar refractivity (Wildman–Crippen MR) is 50.3 cm³/mol. The molecule has 0 saturated heterocycles. The molecule has 0 aromatic carbocycles. The molecule has 0 atom stereocenters. The number of aliphatic hydroxyl groups excluding tert-OH is 1. The third-order valence-corrected chi connectivity index (χ3v) is 2.67. The van der Waals surface area contributed by atoms with E-state index in [0.717, 1.165) is 0 Å². The van der Waals surface area contributed by atoms with Crippen LogP contribution in [0.1, 0.15) is 30.9 Å². The highest BCUT2D eigenvalue weighted by molar-refractivity contribution is 5.32. The van der Waals surface area contributed by atoms with Crippen LogP contribution in [0.4, 0.5) is 5.82 Å². The Hall–Kier alpha value is -1.03. The predicted octanol–water partition coefficient (Wildman–Crippen LogP) is 0.725. The third-order valence-electron chi connectivity index (χ3n) is 2.67. The summed E-state index contributed by atoms with van der Waals surface area (Å²) < 4.78 is 1.83. The molecule has 0 radical (unpaired) electrons. The Morgan fingerprint density at radius 2 is 2.38 bits per heavy atom. The summed E-state index contributed by atoms with van der Waals surface area (Å²) >= 11 is 0. The van der Waals surface area contributed by atoms with Gasteiger partial charge < -0.3 is 10.8 Å². The summed E-state index contributed by atoms with van der Waals surface area (Å²) in [5.41, 5.74) is 6.81. The van der Waals surface area contributed by atoms with Crippen molar-refractivity contribution in [1.29, 1.82) is 0 Å². The first kappa shape index (κ1) is 8.56. The number of rotatable bonds is 3. The normalized spacial score (nSPS) is 17.3. The minimum absolute atomic E-state index is 0.126. The van der Waals surface area contributed by atoms with Crippen molar-refractivity contribution in [3.05, 3.63) is 11.8 Å². The van der Waals surface area contributed by atoms with E-state index in [9.17, 15) is 0 Å². The molecule has 1 heterocycles. The maximum atomic E-state index is 8.82. The van der Waals surface area contributed by atoms with Gasteiger partial charge in [-0.15, -0.1) is 0 Å². The van der Waals surface area contributed by atoms with Crippen molar-refractivity contribution in [1.82, 2.24) is 9.78 Å². The summed E-state index contributed by atoms with van der Waals surface area (Å²) in [4.78, 5) is 0. The number of nitrogen functional groups attached to an aromatic ring is 1. The lowest BCUT2D eigenvalue weighted by molar-refractivity contribution is 0.262. The first-order chi connectivity index (χ1) is 6.31. The Bertz CT molecular complexity index is 291. The van der Waals surface area contributed by atoms with Crippen LogP contribution in [0.5, 0.6) is 0 Å². The van der Waals surface area contributed by atoms with Crippen molar-refractivity contribution in [2.75, 3.05) is 12.3 Å². The first-order valence-corrected chi connectivity index (χ1v) is 4.75. The van der Waals surface area contributed by atoms with Crippen LogP contribution in [0.15, 0.2) is 6.07 Å². The van der Waals surface area contributed by atoms with Crippen molar-refractivity contribution < 1.29 is 5.11 Å². The molecule has 13 heavy (non-hydrogen) atoms. The van der Waals surface area contributed by atoms with Crippen molar-refractivity contribution in [2.24, 2.45) is 0 Å². The van der Waals surface area contributed by atoms with Crippen molar-refractivity contribution in [2.45, 2.75) is 31.7 Å². The maximum absolute atomic E-state index is 8.82. The quantitative estimate of drug-likeness (QED) is 0.722. The molecule has 0 aliphatic heterocycles. The molecule has 4 nitrogen and oxygen atoms in total. The Balaban J connectivity index is 2.20. The minimum Gasteiger partial charge on any atom is -0.394 e. The van der Waals surface area contributed by atoms with E-state index in [1.807, 2.05) is 10.7 Å². The average molecular weight is 181 g/mol. The van der Waals surface area contributed by atoms with Crippen LogP contribution >= 0.6 is 0 Å². The molecule has 0 bridgehead atoms. The molecule has 1 aromatic heterocycles. The SMILES string of the molecule is Nc1cc(C2CCC2)n(CCO)n1. The minimum atomic E-state index is 0.126. The third kappa shape index (κ3) is 1.54. The largest absolute Gasteiger partial charge is 0.394 e. The summed E-state index contributed by atoms with van der Waals surface area (Å²) in [5.74, 6) is 1.19. The first-order valence-electron chi connectivity index (χ1n) is 4.75. The van der Waals surface area contributed by atoms with Gasteiger partial charge in [-0.2, -0.15) is 5.10 Å².